The average molecular weight is 218 g/mol. The van der Waals surface area contributed by atoms with E-state index in [4.69, 9.17) is 5.11 Å². The van der Waals surface area contributed by atoms with Gasteiger partial charge < -0.3 is 5.11 Å². The van der Waals surface area contributed by atoms with Crippen LogP contribution in [0.1, 0.15) is 23.6 Å². The summed E-state index contributed by atoms with van der Waals surface area (Å²) in [6, 6.07) is 7.95. The first-order chi connectivity index (χ1) is 7.77. The van der Waals surface area contributed by atoms with Crippen molar-refractivity contribution in [1.29, 1.82) is 0 Å². The van der Waals surface area contributed by atoms with Gasteiger partial charge in [0.15, 0.2) is 0 Å². The van der Waals surface area contributed by atoms with Gasteiger partial charge in [-0.15, -0.1) is 0 Å². The molecule has 1 aromatic rings. The third-order valence-electron chi connectivity index (χ3n) is 3.65. The monoisotopic (exact) mass is 218 g/mol. The van der Waals surface area contributed by atoms with E-state index in [-0.39, 0.29) is 12.0 Å². The maximum atomic E-state index is 11.1. The number of aryl methyl sites for hydroxylation is 1. The van der Waals surface area contributed by atoms with E-state index >= 15 is 0 Å². The fourth-order valence-electron chi connectivity index (χ4n) is 2.86. The zero-order valence-corrected chi connectivity index (χ0v) is 8.81. The predicted molar refractivity (Wildman–Crippen MR) is 58.7 cm³/mol. The fraction of sp³-hybridized carbons (Fsp3) is 0.417. The lowest BCUT2D eigenvalue weighted by Gasteiger charge is -2.28. The number of hydrazine groups is 1. The number of carboxylic acid groups (broad SMARTS) is 1. The van der Waals surface area contributed by atoms with Crippen molar-refractivity contribution in [2.24, 2.45) is 5.92 Å². The highest BCUT2D eigenvalue weighted by Crippen LogP contribution is 2.38. The number of aliphatic carboxylic acids is 1. The summed E-state index contributed by atoms with van der Waals surface area (Å²) in [6.07, 6.45) is 1.91. The molecular weight excluding hydrogens is 204 g/mol. The molecule has 0 aromatic heterocycles. The summed E-state index contributed by atoms with van der Waals surface area (Å²) < 4.78 is 0. The molecule has 3 unspecified atom stereocenters. The van der Waals surface area contributed by atoms with Crippen LogP contribution >= 0.6 is 0 Å². The Morgan fingerprint density at radius 3 is 2.94 bits per heavy atom. The Morgan fingerprint density at radius 1 is 1.31 bits per heavy atom. The molecule has 1 aliphatic carbocycles. The summed E-state index contributed by atoms with van der Waals surface area (Å²) in [7, 11) is 0. The van der Waals surface area contributed by atoms with Crippen LogP contribution in [0.5, 0.6) is 0 Å². The molecule has 4 nitrogen and oxygen atoms in total. The Bertz CT molecular complexity index is 433. The lowest BCUT2D eigenvalue weighted by atomic mass is 9.78. The number of benzene rings is 1. The van der Waals surface area contributed by atoms with Crippen molar-refractivity contribution in [2.45, 2.75) is 24.9 Å². The number of carboxylic acids is 1. The third kappa shape index (κ3) is 1.34. The molecule has 0 radical (unpaired) electrons. The molecule has 0 bridgehead atoms. The van der Waals surface area contributed by atoms with Crippen LogP contribution in [0.2, 0.25) is 0 Å². The molecule has 4 heteroatoms. The van der Waals surface area contributed by atoms with Gasteiger partial charge in [-0.05, 0) is 24.0 Å². The molecule has 84 valence electrons. The van der Waals surface area contributed by atoms with E-state index in [9.17, 15) is 4.79 Å². The van der Waals surface area contributed by atoms with Gasteiger partial charge in [0.05, 0.1) is 6.04 Å². The van der Waals surface area contributed by atoms with E-state index in [0.717, 1.165) is 12.8 Å². The molecule has 1 saturated heterocycles. The number of carbonyl (C=O) groups is 1. The molecular formula is C12H14N2O2. The molecule has 3 atom stereocenters. The maximum absolute atomic E-state index is 11.1. The van der Waals surface area contributed by atoms with E-state index in [1.807, 2.05) is 12.1 Å². The molecule has 3 rings (SSSR count). The number of fused-ring (bicyclic) bond motifs is 3. The molecule has 1 aromatic carbocycles. The number of rotatable bonds is 1. The van der Waals surface area contributed by atoms with E-state index in [0.29, 0.717) is 0 Å². The smallest absolute Gasteiger partial charge is 0.322 e. The zero-order chi connectivity index (χ0) is 11.1. The number of hydrogen-bond donors (Lipinski definition) is 3. The van der Waals surface area contributed by atoms with Crippen LogP contribution in [0.25, 0.3) is 0 Å². The van der Waals surface area contributed by atoms with Crippen LogP contribution < -0.4 is 10.9 Å². The van der Waals surface area contributed by atoms with Gasteiger partial charge in [0.2, 0.25) is 0 Å². The first-order valence-corrected chi connectivity index (χ1v) is 5.59. The van der Waals surface area contributed by atoms with Gasteiger partial charge in [-0.1, -0.05) is 24.3 Å². The summed E-state index contributed by atoms with van der Waals surface area (Å²) in [4.78, 5) is 11.1. The topological polar surface area (TPSA) is 61.4 Å². The van der Waals surface area contributed by atoms with Crippen molar-refractivity contribution in [1.82, 2.24) is 10.9 Å². The van der Waals surface area contributed by atoms with Crippen molar-refractivity contribution >= 4 is 5.97 Å². The third-order valence-corrected chi connectivity index (χ3v) is 3.65. The molecule has 2 aliphatic rings. The molecule has 1 heterocycles. The average Bonchev–Trinajstić information content (AvgIpc) is 2.73. The van der Waals surface area contributed by atoms with Gasteiger partial charge in [-0.2, -0.15) is 0 Å². The van der Waals surface area contributed by atoms with Crippen molar-refractivity contribution in [3.8, 4) is 0 Å². The molecule has 1 fully saturated rings. The first-order valence-electron chi connectivity index (χ1n) is 5.59. The van der Waals surface area contributed by atoms with Crippen LogP contribution in [0.15, 0.2) is 24.3 Å². The molecule has 1 aliphatic heterocycles. The van der Waals surface area contributed by atoms with Gasteiger partial charge >= 0.3 is 5.97 Å². The largest absolute Gasteiger partial charge is 0.480 e. The van der Waals surface area contributed by atoms with Crippen molar-refractivity contribution in [3.05, 3.63) is 35.4 Å². The van der Waals surface area contributed by atoms with E-state index in [1.54, 1.807) is 0 Å². The lowest BCUT2D eigenvalue weighted by Crippen LogP contribution is -2.38. The van der Waals surface area contributed by atoms with Crippen molar-refractivity contribution in [2.75, 3.05) is 0 Å². The second kappa shape index (κ2) is 3.57. The normalized spacial score (nSPS) is 31.9. The summed E-state index contributed by atoms with van der Waals surface area (Å²) in [5.74, 6) is -0.605. The molecule has 0 saturated carbocycles. The standard InChI is InChI=1S/C12H14N2O2/c15-12(16)11-9-6-5-7-3-1-2-4-8(7)10(9)13-14-11/h1-4,9-11,13-14H,5-6H2,(H,15,16). The second-order valence-corrected chi connectivity index (χ2v) is 4.48. The van der Waals surface area contributed by atoms with Crippen molar-refractivity contribution in [3.63, 3.8) is 0 Å². The minimum Gasteiger partial charge on any atom is -0.480 e. The molecule has 3 N–H and O–H groups in total. The Hall–Kier alpha value is -1.39. The van der Waals surface area contributed by atoms with Crippen LogP contribution in [-0.2, 0) is 11.2 Å². The predicted octanol–water partition coefficient (Wildman–Crippen LogP) is 0.851. The van der Waals surface area contributed by atoms with E-state index < -0.39 is 12.0 Å². The highest BCUT2D eigenvalue weighted by molar-refractivity contribution is 5.74. The van der Waals surface area contributed by atoms with Gasteiger partial charge in [0.25, 0.3) is 0 Å². The van der Waals surface area contributed by atoms with Gasteiger partial charge in [-0.3, -0.25) is 4.79 Å². The zero-order valence-electron chi connectivity index (χ0n) is 8.81. The van der Waals surface area contributed by atoms with E-state index in [1.165, 1.54) is 11.1 Å². The minimum atomic E-state index is -0.764. The minimum absolute atomic E-state index is 0.144. The van der Waals surface area contributed by atoms with Crippen molar-refractivity contribution < 1.29 is 9.90 Å². The summed E-state index contributed by atoms with van der Waals surface area (Å²) in [5, 5.41) is 9.10. The molecule has 0 amide bonds. The number of nitrogens with one attached hydrogen (secondary N) is 2. The Morgan fingerprint density at radius 2 is 2.12 bits per heavy atom. The van der Waals surface area contributed by atoms with Gasteiger partial charge in [0.1, 0.15) is 6.04 Å². The SMILES string of the molecule is O=C(O)C1NNC2c3ccccc3CCC12. The highest BCUT2D eigenvalue weighted by atomic mass is 16.4. The Labute approximate surface area is 93.6 Å². The number of hydrogen-bond acceptors (Lipinski definition) is 3. The summed E-state index contributed by atoms with van der Waals surface area (Å²) in [6.45, 7) is 0. The fourth-order valence-corrected chi connectivity index (χ4v) is 2.86. The Kier molecular flexibility index (Phi) is 2.19. The van der Waals surface area contributed by atoms with Gasteiger partial charge in [0, 0.05) is 5.92 Å². The summed E-state index contributed by atoms with van der Waals surface area (Å²) in [5.41, 5.74) is 8.59. The maximum Gasteiger partial charge on any atom is 0.322 e. The van der Waals surface area contributed by atoms with Crippen LogP contribution in [0.3, 0.4) is 0 Å². The molecule has 16 heavy (non-hydrogen) atoms. The summed E-state index contributed by atoms with van der Waals surface area (Å²) >= 11 is 0. The van der Waals surface area contributed by atoms with Gasteiger partial charge in [-0.25, -0.2) is 10.9 Å². The first kappa shape index (κ1) is 9.81. The van der Waals surface area contributed by atoms with Crippen LogP contribution in [-0.4, -0.2) is 17.1 Å². The molecule has 0 spiro atoms. The van der Waals surface area contributed by atoms with E-state index in [2.05, 4.69) is 23.0 Å². The van der Waals surface area contributed by atoms with Crippen LogP contribution in [0, 0.1) is 5.92 Å². The lowest BCUT2D eigenvalue weighted by molar-refractivity contribution is -0.140. The highest BCUT2D eigenvalue weighted by Gasteiger charge is 2.43. The Balaban J connectivity index is 1.96. The quantitative estimate of drug-likeness (QED) is 0.654. The second-order valence-electron chi connectivity index (χ2n) is 4.48. The van der Waals surface area contributed by atoms with Crippen LogP contribution in [0.4, 0.5) is 0 Å².